The van der Waals surface area contributed by atoms with Gasteiger partial charge in [-0.3, -0.25) is 0 Å². The summed E-state index contributed by atoms with van der Waals surface area (Å²) in [5.74, 6) is 0.916. The minimum Gasteiger partial charge on any atom is -0.497 e. The zero-order valence-corrected chi connectivity index (χ0v) is 13.3. The van der Waals surface area contributed by atoms with Gasteiger partial charge in [0.25, 0.3) is 0 Å². The van der Waals surface area contributed by atoms with Crippen molar-refractivity contribution >= 4 is 10.8 Å². The van der Waals surface area contributed by atoms with Crippen LogP contribution >= 0.6 is 0 Å². The van der Waals surface area contributed by atoms with Gasteiger partial charge in [0.05, 0.1) is 7.11 Å². The number of hydrogen-bond donors (Lipinski definition) is 1. The summed E-state index contributed by atoms with van der Waals surface area (Å²) in [7, 11) is 1.71. The Balaban J connectivity index is 1.73. The molecule has 1 aliphatic carbocycles. The maximum Gasteiger partial charge on any atom is 0.119 e. The first-order valence-electron chi connectivity index (χ1n) is 7.91. The van der Waals surface area contributed by atoms with Gasteiger partial charge in [-0.25, -0.2) is 0 Å². The third-order valence-corrected chi connectivity index (χ3v) is 4.97. The average molecular weight is 283 g/mol. The van der Waals surface area contributed by atoms with Gasteiger partial charge in [0.15, 0.2) is 0 Å². The van der Waals surface area contributed by atoms with Crippen LogP contribution in [0.1, 0.15) is 44.7 Å². The first-order valence-corrected chi connectivity index (χ1v) is 7.91. The molecule has 3 rings (SSSR count). The summed E-state index contributed by atoms with van der Waals surface area (Å²) in [6.07, 6.45) is 4.12. The molecule has 2 aromatic rings. The standard InChI is InChI=1S/C19H25NO/c1-14(20-13-19(2)9-4-10-19)15-5-6-17-12-18(21-3)8-7-16(17)11-15/h5-8,11-12,14,20H,4,9-10,13H2,1-3H3. The van der Waals surface area contributed by atoms with Crippen LogP contribution in [0.3, 0.4) is 0 Å². The second-order valence-corrected chi connectivity index (χ2v) is 6.74. The van der Waals surface area contributed by atoms with E-state index in [1.165, 1.54) is 35.6 Å². The lowest BCUT2D eigenvalue weighted by molar-refractivity contribution is 0.152. The fourth-order valence-corrected chi connectivity index (χ4v) is 3.11. The van der Waals surface area contributed by atoms with Crippen LogP contribution in [0.25, 0.3) is 10.8 Å². The Morgan fingerprint density at radius 1 is 1.14 bits per heavy atom. The molecule has 0 aliphatic heterocycles. The molecule has 1 N–H and O–H groups in total. The number of methoxy groups -OCH3 is 1. The third kappa shape index (κ3) is 3.06. The lowest BCUT2D eigenvalue weighted by atomic mass is 9.70. The predicted octanol–water partition coefficient (Wildman–Crippen LogP) is 4.69. The monoisotopic (exact) mass is 283 g/mol. The highest BCUT2D eigenvalue weighted by Crippen LogP contribution is 2.39. The smallest absolute Gasteiger partial charge is 0.119 e. The Morgan fingerprint density at radius 2 is 1.86 bits per heavy atom. The molecular formula is C19H25NO. The third-order valence-electron chi connectivity index (χ3n) is 4.97. The largest absolute Gasteiger partial charge is 0.497 e. The summed E-state index contributed by atoms with van der Waals surface area (Å²) in [5, 5.41) is 6.21. The maximum atomic E-state index is 5.28. The summed E-state index contributed by atoms with van der Waals surface area (Å²) in [4.78, 5) is 0. The van der Waals surface area contributed by atoms with E-state index in [1.54, 1.807) is 7.11 Å². The SMILES string of the molecule is COc1ccc2cc(C(C)NCC3(C)CCC3)ccc2c1. The summed E-state index contributed by atoms with van der Waals surface area (Å²) >= 11 is 0. The normalized spacial score (nSPS) is 18.2. The zero-order chi connectivity index (χ0) is 14.9. The lowest BCUT2D eigenvalue weighted by Gasteiger charge is -2.39. The van der Waals surface area contributed by atoms with Crippen LogP contribution in [0, 0.1) is 5.41 Å². The Labute approximate surface area is 127 Å². The van der Waals surface area contributed by atoms with Crippen molar-refractivity contribution in [2.45, 2.75) is 39.2 Å². The highest BCUT2D eigenvalue weighted by Gasteiger charge is 2.31. The van der Waals surface area contributed by atoms with Gasteiger partial charge in [-0.15, -0.1) is 0 Å². The second-order valence-electron chi connectivity index (χ2n) is 6.74. The van der Waals surface area contributed by atoms with Gasteiger partial charge in [0.2, 0.25) is 0 Å². The summed E-state index contributed by atoms with van der Waals surface area (Å²) in [6.45, 7) is 5.77. The lowest BCUT2D eigenvalue weighted by Crippen LogP contribution is -2.38. The van der Waals surface area contributed by atoms with Crippen LogP contribution < -0.4 is 10.1 Å². The molecule has 0 radical (unpaired) electrons. The molecule has 2 heteroatoms. The Kier molecular flexibility index (Phi) is 3.90. The molecule has 1 fully saturated rings. The van der Waals surface area contributed by atoms with Crippen LogP contribution in [0.4, 0.5) is 0 Å². The fourth-order valence-electron chi connectivity index (χ4n) is 3.11. The minimum atomic E-state index is 0.397. The van der Waals surface area contributed by atoms with E-state index >= 15 is 0 Å². The van der Waals surface area contributed by atoms with Gasteiger partial charge in [0.1, 0.15) is 5.75 Å². The van der Waals surface area contributed by atoms with E-state index in [0.717, 1.165) is 12.3 Å². The van der Waals surface area contributed by atoms with Crippen molar-refractivity contribution in [1.29, 1.82) is 0 Å². The van der Waals surface area contributed by atoms with Gasteiger partial charge in [-0.2, -0.15) is 0 Å². The molecule has 1 saturated carbocycles. The number of rotatable bonds is 5. The first-order chi connectivity index (χ1) is 10.1. The molecule has 0 saturated heterocycles. The van der Waals surface area contributed by atoms with Gasteiger partial charge >= 0.3 is 0 Å². The van der Waals surface area contributed by atoms with Gasteiger partial charge in [-0.05, 0) is 59.7 Å². The Hall–Kier alpha value is -1.54. The molecule has 1 unspecified atom stereocenters. The van der Waals surface area contributed by atoms with Crippen LogP contribution in [0.15, 0.2) is 36.4 Å². The average Bonchev–Trinajstić information content (AvgIpc) is 2.49. The molecular weight excluding hydrogens is 258 g/mol. The molecule has 1 atom stereocenters. The van der Waals surface area contributed by atoms with E-state index in [2.05, 4.69) is 49.5 Å². The quantitative estimate of drug-likeness (QED) is 0.859. The molecule has 0 amide bonds. The number of nitrogens with one attached hydrogen (secondary N) is 1. The van der Waals surface area contributed by atoms with E-state index in [0.29, 0.717) is 11.5 Å². The number of hydrogen-bond acceptors (Lipinski definition) is 2. The second kappa shape index (κ2) is 5.69. The first kappa shape index (κ1) is 14.4. The van der Waals surface area contributed by atoms with Gasteiger partial charge in [-0.1, -0.05) is 31.5 Å². The molecule has 2 nitrogen and oxygen atoms in total. The maximum absolute atomic E-state index is 5.28. The molecule has 1 aliphatic rings. The Bertz CT molecular complexity index is 630. The zero-order valence-electron chi connectivity index (χ0n) is 13.3. The van der Waals surface area contributed by atoms with Crippen molar-refractivity contribution in [1.82, 2.24) is 5.32 Å². The highest BCUT2D eigenvalue weighted by molar-refractivity contribution is 5.84. The van der Waals surface area contributed by atoms with Crippen molar-refractivity contribution in [2.24, 2.45) is 5.41 Å². The van der Waals surface area contributed by atoms with Crippen molar-refractivity contribution in [2.75, 3.05) is 13.7 Å². The topological polar surface area (TPSA) is 21.3 Å². The molecule has 21 heavy (non-hydrogen) atoms. The van der Waals surface area contributed by atoms with E-state index in [-0.39, 0.29) is 0 Å². The van der Waals surface area contributed by atoms with Crippen molar-refractivity contribution < 1.29 is 4.74 Å². The van der Waals surface area contributed by atoms with Crippen LogP contribution in [-0.4, -0.2) is 13.7 Å². The summed E-state index contributed by atoms with van der Waals surface area (Å²) in [6, 6.07) is 13.4. The summed E-state index contributed by atoms with van der Waals surface area (Å²) in [5.41, 5.74) is 1.88. The fraction of sp³-hybridized carbons (Fsp3) is 0.474. The molecule has 0 aromatic heterocycles. The number of benzene rings is 2. The van der Waals surface area contributed by atoms with Crippen molar-refractivity contribution in [3.8, 4) is 5.75 Å². The molecule has 0 spiro atoms. The Morgan fingerprint density at radius 3 is 2.52 bits per heavy atom. The van der Waals surface area contributed by atoms with Crippen LogP contribution in [-0.2, 0) is 0 Å². The van der Waals surface area contributed by atoms with E-state index in [1.807, 2.05) is 6.07 Å². The number of fused-ring (bicyclic) bond motifs is 1. The number of ether oxygens (including phenoxy) is 1. The summed E-state index contributed by atoms with van der Waals surface area (Å²) < 4.78 is 5.28. The van der Waals surface area contributed by atoms with Crippen molar-refractivity contribution in [3.05, 3.63) is 42.0 Å². The van der Waals surface area contributed by atoms with Crippen LogP contribution in [0.5, 0.6) is 5.75 Å². The van der Waals surface area contributed by atoms with Gasteiger partial charge < -0.3 is 10.1 Å². The molecule has 112 valence electrons. The van der Waals surface area contributed by atoms with Crippen molar-refractivity contribution in [3.63, 3.8) is 0 Å². The molecule has 2 aromatic carbocycles. The molecule has 0 heterocycles. The minimum absolute atomic E-state index is 0.397. The highest BCUT2D eigenvalue weighted by atomic mass is 16.5. The van der Waals surface area contributed by atoms with E-state index in [9.17, 15) is 0 Å². The van der Waals surface area contributed by atoms with E-state index < -0.39 is 0 Å². The van der Waals surface area contributed by atoms with E-state index in [4.69, 9.17) is 4.74 Å². The predicted molar refractivity (Wildman–Crippen MR) is 88.9 cm³/mol. The molecule has 0 bridgehead atoms. The van der Waals surface area contributed by atoms with Crippen LogP contribution in [0.2, 0.25) is 0 Å². The van der Waals surface area contributed by atoms with Gasteiger partial charge in [0, 0.05) is 12.6 Å².